The van der Waals surface area contributed by atoms with E-state index in [1.54, 1.807) is 0 Å². The van der Waals surface area contributed by atoms with E-state index in [0.29, 0.717) is 5.82 Å². The summed E-state index contributed by atoms with van der Waals surface area (Å²) in [7, 11) is 0. The maximum atomic E-state index is 10.6. The van der Waals surface area contributed by atoms with Gasteiger partial charge in [0, 0.05) is 0 Å². The second-order valence-corrected chi connectivity index (χ2v) is 2.80. The molecule has 1 rings (SSSR count). The minimum Gasteiger partial charge on any atom is -0.319 e. The maximum absolute atomic E-state index is 10.6. The topological polar surface area (TPSA) is 87.6 Å². The number of H-pyrrole nitrogens is 2. The third-order valence-corrected chi connectivity index (χ3v) is 1.78. The molecule has 1 atom stereocenters. The first-order valence-electron chi connectivity index (χ1n) is 3.50. The summed E-state index contributed by atoms with van der Waals surface area (Å²) in [6.45, 7) is 3.76. The van der Waals surface area contributed by atoms with Crippen molar-refractivity contribution in [2.75, 3.05) is 0 Å². The molecule has 5 heteroatoms. The van der Waals surface area contributed by atoms with Gasteiger partial charge in [-0.3, -0.25) is 4.98 Å². The summed E-state index contributed by atoms with van der Waals surface area (Å²) >= 11 is 0. The van der Waals surface area contributed by atoms with Gasteiger partial charge in [0.15, 0.2) is 5.82 Å². The van der Waals surface area contributed by atoms with Crippen LogP contribution in [0.2, 0.25) is 0 Å². The van der Waals surface area contributed by atoms with Crippen molar-refractivity contribution >= 4 is 0 Å². The quantitative estimate of drug-likeness (QED) is 0.548. The number of hydrogen-bond donors (Lipinski definition) is 3. The molecule has 0 saturated heterocycles. The van der Waals surface area contributed by atoms with E-state index in [-0.39, 0.29) is 5.69 Å². The van der Waals surface area contributed by atoms with E-state index in [0.717, 1.165) is 6.42 Å². The summed E-state index contributed by atoms with van der Waals surface area (Å²) < 4.78 is 0. The highest BCUT2D eigenvalue weighted by atomic mass is 16.1. The van der Waals surface area contributed by atoms with Gasteiger partial charge in [0.1, 0.15) is 0 Å². The summed E-state index contributed by atoms with van der Waals surface area (Å²) in [6.07, 6.45) is 0.730. The van der Waals surface area contributed by atoms with Crippen molar-refractivity contribution in [3.05, 3.63) is 16.3 Å². The van der Waals surface area contributed by atoms with Crippen LogP contribution in [0, 0.1) is 0 Å². The number of nitrogens with zero attached hydrogens (tertiary/aromatic N) is 1. The molecule has 0 saturated carbocycles. The monoisotopic (exact) mass is 156 g/mol. The fraction of sp³-hybridized carbons (Fsp3) is 0.667. The number of nitrogens with two attached hydrogens (primary N) is 1. The van der Waals surface area contributed by atoms with Gasteiger partial charge >= 0.3 is 5.69 Å². The molecule has 0 bridgehead atoms. The van der Waals surface area contributed by atoms with Crippen LogP contribution in [0.4, 0.5) is 0 Å². The number of aromatic amines is 2. The molecule has 1 aromatic rings. The number of hydrogen-bond acceptors (Lipinski definition) is 3. The predicted octanol–water partition coefficient (Wildman–Crippen LogP) is -0.318. The summed E-state index contributed by atoms with van der Waals surface area (Å²) in [5, 5.41) is 6.01. The van der Waals surface area contributed by atoms with Crippen molar-refractivity contribution in [2.24, 2.45) is 5.73 Å². The van der Waals surface area contributed by atoms with Crippen molar-refractivity contribution < 1.29 is 0 Å². The molecule has 0 aliphatic carbocycles. The highest BCUT2D eigenvalue weighted by Crippen LogP contribution is 2.14. The lowest BCUT2D eigenvalue weighted by Crippen LogP contribution is -2.33. The first-order chi connectivity index (χ1) is 5.06. The summed E-state index contributed by atoms with van der Waals surface area (Å²) in [4.78, 5) is 13.1. The van der Waals surface area contributed by atoms with Crippen molar-refractivity contribution in [3.8, 4) is 0 Å². The normalized spacial score (nSPS) is 16.3. The zero-order valence-corrected chi connectivity index (χ0v) is 6.64. The molecule has 0 radical (unpaired) electrons. The Bertz CT molecular complexity index is 285. The molecule has 4 N–H and O–H groups in total. The highest BCUT2D eigenvalue weighted by Gasteiger charge is 2.22. The summed E-state index contributed by atoms with van der Waals surface area (Å²) in [6, 6.07) is 0. The standard InChI is InChI=1S/C6H12N4O/c1-3-6(2,7)4-8-5(11)10-9-4/h3,7H2,1-2H3,(H2,8,9,10,11). The largest absolute Gasteiger partial charge is 0.340 e. The average molecular weight is 156 g/mol. The van der Waals surface area contributed by atoms with Crippen LogP contribution < -0.4 is 11.4 Å². The third kappa shape index (κ3) is 1.48. The van der Waals surface area contributed by atoms with E-state index in [2.05, 4.69) is 15.2 Å². The minimum absolute atomic E-state index is 0.315. The lowest BCUT2D eigenvalue weighted by Gasteiger charge is -2.17. The SMILES string of the molecule is CCC(C)(N)c1n[nH]c(=O)[nH]1. The molecule has 5 nitrogen and oxygen atoms in total. The molecule has 0 fully saturated rings. The Hall–Kier alpha value is -1.10. The number of rotatable bonds is 2. The molecule has 0 amide bonds. The molecular weight excluding hydrogens is 144 g/mol. The fourth-order valence-corrected chi connectivity index (χ4v) is 0.708. The minimum atomic E-state index is -0.542. The van der Waals surface area contributed by atoms with Gasteiger partial charge in [0.25, 0.3) is 0 Å². The highest BCUT2D eigenvalue weighted by molar-refractivity contribution is 4.98. The first kappa shape index (κ1) is 8.00. The fourth-order valence-electron chi connectivity index (χ4n) is 0.708. The zero-order chi connectivity index (χ0) is 8.48. The van der Waals surface area contributed by atoms with E-state index in [9.17, 15) is 4.79 Å². The van der Waals surface area contributed by atoms with Crippen LogP contribution in [0.1, 0.15) is 26.1 Å². The van der Waals surface area contributed by atoms with Crippen molar-refractivity contribution in [2.45, 2.75) is 25.8 Å². The number of nitrogens with one attached hydrogen (secondary N) is 2. The lowest BCUT2D eigenvalue weighted by atomic mass is 10.0. The Morgan fingerprint density at radius 3 is 2.73 bits per heavy atom. The second-order valence-electron chi connectivity index (χ2n) is 2.80. The Morgan fingerprint density at radius 2 is 2.36 bits per heavy atom. The molecule has 1 unspecified atom stereocenters. The maximum Gasteiger partial charge on any atom is 0.340 e. The molecule has 0 aromatic carbocycles. The smallest absolute Gasteiger partial charge is 0.319 e. The molecule has 0 aliphatic heterocycles. The van der Waals surface area contributed by atoms with Crippen molar-refractivity contribution in [3.63, 3.8) is 0 Å². The number of aromatic nitrogens is 3. The molecule has 1 aromatic heterocycles. The van der Waals surface area contributed by atoms with Crippen LogP contribution in [-0.4, -0.2) is 15.2 Å². The van der Waals surface area contributed by atoms with Crippen molar-refractivity contribution in [1.29, 1.82) is 0 Å². The molecular formula is C6H12N4O. The van der Waals surface area contributed by atoms with E-state index in [1.165, 1.54) is 0 Å². The van der Waals surface area contributed by atoms with Crippen LogP contribution in [0.25, 0.3) is 0 Å². The van der Waals surface area contributed by atoms with Gasteiger partial charge in [-0.1, -0.05) is 6.92 Å². The predicted molar refractivity (Wildman–Crippen MR) is 41.0 cm³/mol. The van der Waals surface area contributed by atoms with E-state index < -0.39 is 5.54 Å². The van der Waals surface area contributed by atoms with Gasteiger partial charge < -0.3 is 5.73 Å². The third-order valence-electron chi connectivity index (χ3n) is 1.78. The van der Waals surface area contributed by atoms with Gasteiger partial charge in [-0.25, -0.2) is 9.89 Å². The molecule has 0 aliphatic rings. The molecule has 0 spiro atoms. The van der Waals surface area contributed by atoms with Gasteiger partial charge in [-0.2, -0.15) is 5.10 Å². The molecule has 1 heterocycles. The molecule has 11 heavy (non-hydrogen) atoms. The van der Waals surface area contributed by atoms with E-state index >= 15 is 0 Å². The lowest BCUT2D eigenvalue weighted by molar-refractivity contribution is 0.447. The van der Waals surface area contributed by atoms with Gasteiger partial charge in [0.2, 0.25) is 0 Å². The van der Waals surface area contributed by atoms with Crippen LogP contribution in [0.5, 0.6) is 0 Å². The zero-order valence-electron chi connectivity index (χ0n) is 6.64. The van der Waals surface area contributed by atoms with Crippen LogP contribution in [-0.2, 0) is 5.54 Å². The van der Waals surface area contributed by atoms with Crippen LogP contribution >= 0.6 is 0 Å². The first-order valence-corrected chi connectivity index (χ1v) is 3.50. The van der Waals surface area contributed by atoms with Gasteiger partial charge in [-0.05, 0) is 13.3 Å². The Labute approximate surface area is 64.0 Å². The van der Waals surface area contributed by atoms with E-state index in [4.69, 9.17) is 5.73 Å². The van der Waals surface area contributed by atoms with Crippen molar-refractivity contribution in [1.82, 2.24) is 15.2 Å². The van der Waals surface area contributed by atoms with Crippen LogP contribution in [0.15, 0.2) is 4.79 Å². The summed E-state index contributed by atoms with van der Waals surface area (Å²) in [5.41, 5.74) is 4.94. The van der Waals surface area contributed by atoms with Crippen LogP contribution in [0.3, 0.4) is 0 Å². The second kappa shape index (κ2) is 2.50. The molecule has 62 valence electrons. The van der Waals surface area contributed by atoms with Gasteiger partial charge in [0.05, 0.1) is 5.54 Å². The average Bonchev–Trinajstić information content (AvgIpc) is 2.36. The Morgan fingerprint density at radius 1 is 1.73 bits per heavy atom. The Balaban J connectivity index is 3.01. The van der Waals surface area contributed by atoms with Gasteiger partial charge in [-0.15, -0.1) is 0 Å². The van der Waals surface area contributed by atoms with E-state index in [1.807, 2.05) is 13.8 Å². The summed E-state index contributed by atoms with van der Waals surface area (Å²) in [5.74, 6) is 0.505. The Kier molecular flexibility index (Phi) is 1.82.